The number of hydrogen-bond acceptors (Lipinski definition) is 4. The van der Waals surface area contributed by atoms with Gasteiger partial charge in [0.15, 0.2) is 0 Å². The predicted molar refractivity (Wildman–Crippen MR) is 74.2 cm³/mol. The first-order chi connectivity index (χ1) is 7.88. The van der Waals surface area contributed by atoms with Crippen LogP contribution in [-0.4, -0.2) is 32.7 Å². The monoisotopic (exact) mass is 385 g/mol. The molecule has 0 saturated carbocycles. The molecule has 0 aliphatic heterocycles. The Hall–Kier alpha value is -0.0200. The fourth-order valence-electron chi connectivity index (χ4n) is 1.10. The molecular formula is C9H13Br2N3O2S. The standard InChI is InChI=1S/C9H13Br2N3O2S/c1-17(15,16)14-3-2-12-6-9-8(11)4-7(10)5-13-9/h4-5,12,14H,2-3,6H2,1H3. The van der Waals surface area contributed by atoms with Crippen LogP contribution in [0.4, 0.5) is 0 Å². The minimum absolute atomic E-state index is 0.368. The van der Waals surface area contributed by atoms with Crippen molar-refractivity contribution >= 4 is 41.9 Å². The maximum absolute atomic E-state index is 10.8. The van der Waals surface area contributed by atoms with E-state index in [4.69, 9.17) is 0 Å². The van der Waals surface area contributed by atoms with Crippen LogP contribution in [0.1, 0.15) is 5.69 Å². The number of rotatable bonds is 6. The van der Waals surface area contributed by atoms with Crippen molar-refractivity contribution in [3.05, 3.63) is 26.9 Å². The molecule has 0 amide bonds. The average Bonchev–Trinajstić information content (AvgIpc) is 2.18. The highest BCUT2D eigenvalue weighted by atomic mass is 79.9. The van der Waals surface area contributed by atoms with Gasteiger partial charge >= 0.3 is 0 Å². The van der Waals surface area contributed by atoms with Crippen LogP contribution < -0.4 is 10.0 Å². The summed E-state index contributed by atoms with van der Waals surface area (Å²) in [4.78, 5) is 4.23. The second-order valence-electron chi connectivity index (χ2n) is 3.43. The maximum atomic E-state index is 10.8. The number of hydrogen-bond donors (Lipinski definition) is 2. The molecule has 1 aromatic heterocycles. The average molecular weight is 387 g/mol. The molecule has 0 radical (unpaired) electrons. The van der Waals surface area contributed by atoms with Crippen LogP contribution in [0.5, 0.6) is 0 Å². The van der Waals surface area contributed by atoms with E-state index in [9.17, 15) is 8.42 Å². The van der Waals surface area contributed by atoms with Gasteiger partial charge in [-0.25, -0.2) is 13.1 Å². The molecule has 0 atom stereocenters. The summed E-state index contributed by atoms with van der Waals surface area (Å²) in [5, 5.41) is 3.10. The van der Waals surface area contributed by atoms with Crippen LogP contribution in [0.2, 0.25) is 0 Å². The molecule has 0 aliphatic rings. The van der Waals surface area contributed by atoms with E-state index in [1.165, 1.54) is 0 Å². The third-order valence-electron chi connectivity index (χ3n) is 1.84. The zero-order valence-corrected chi connectivity index (χ0v) is 13.2. The highest BCUT2D eigenvalue weighted by Gasteiger charge is 2.02. The quantitative estimate of drug-likeness (QED) is 0.721. The Bertz CT molecular complexity index is 479. The van der Waals surface area contributed by atoms with Gasteiger partial charge in [0.1, 0.15) is 0 Å². The molecule has 0 aromatic carbocycles. The van der Waals surface area contributed by atoms with Gasteiger partial charge in [0.05, 0.1) is 11.9 Å². The topological polar surface area (TPSA) is 71.1 Å². The van der Waals surface area contributed by atoms with E-state index >= 15 is 0 Å². The zero-order chi connectivity index (χ0) is 12.9. The smallest absolute Gasteiger partial charge is 0.208 e. The van der Waals surface area contributed by atoms with E-state index in [2.05, 4.69) is 46.9 Å². The molecule has 1 rings (SSSR count). The lowest BCUT2D eigenvalue weighted by molar-refractivity contribution is 0.581. The Balaban J connectivity index is 2.32. The number of halogens is 2. The molecule has 0 unspecified atom stereocenters. The van der Waals surface area contributed by atoms with E-state index in [1.807, 2.05) is 6.07 Å². The fourth-order valence-corrected chi connectivity index (χ4v) is 2.71. The molecule has 0 bridgehead atoms. The van der Waals surface area contributed by atoms with E-state index in [0.717, 1.165) is 20.9 Å². The molecule has 0 saturated heterocycles. The summed E-state index contributed by atoms with van der Waals surface area (Å²) in [6.07, 6.45) is 2.86. The first-order valence-corrected chi connectivity index (χ1v) is 8.31. The van der Waals surface area contributed by atoms with Crippen LogP contribution in [-0.2, 0) is 16.6 Å². The van der Waals surface area contributed by atoms with Gasteiger partial charge in [-0.1, -0.05) is 0 Å². The second-order valence-corrected chi connectivity index (χ2v) is 7.03. The second kappa shape index (κ2) is 6.79. The summed E-state index contributed by atoms with van der Waals surface area (Å²) in [5.74, 6) is 0. The normalized spacial score (nSPS) is 11.7. The van der Waals surface area contributed by atoms with E-state index < -0.39 is 10.0 Å². The summed E-state index contributed by atoms with van der Waals surface area (Å²) in [6.45, 7) is 1.50. The molecule has 17 heavy (non-hydrogen) atoms. The minimum Gasteiger partial charge on any atom is -0.310 e. The largest absolute Gasteiger partial charge is 0.310 e. The van der Waals surface area contributed by atoms with E-state index in [0.29, 0.717) is 19.6 Å². The first-order valence-electron chi connectivity index (χ1n) is 4.84. The molecule has 0 spiro atoms. The molecule has 0 fully saturated rings. The Morgan fingerprint density at radius 1 is 1.35 bits per heavy atom. The van der Waals surface area contributed by atoms with Crippen molar-refractivity contribution in [3.63, 3.8) is 0 Å². The lowest BCUT2D eigenvalue weighted by Crippen LogP contribution is -2.31. The number of sulfonamides is 1. The van der Waals surface area contributed by atoms with Crippen molar-refractivity contribution in [1.82, 2.24) is 15.0 Å². The summed E-state index contributed by atoms with van der Waals surface area (Å²) < 4.78 is 25.8. The van der Waals surface area contributed by atoms with Crippen molar-refractivity contribution in [3.8, 4) is 0 Å². The third-order valence-corrected chi connectivity index (χ3v) is 3.69. The highest BCUT2D eigenvalue weighted by Crippen LogP contribution is 2.19. The molecule has 2 N–H and O–H groups in total. The minimum atomic E-state index is -3.10. The van der Waals surface area contributed by atoms with Gasteiger partial charge in [-0.3, -0.25) is 4.98 Å². The van der Waals surface area contributed by atoms with Crippen LogP contribution in [0.25, 0.3) is 0 Å². The molecule has 1 aromatic rings. The highest BCUT2D eigenvalue weighted by molar-refractivity contribution is 9.11. The SMILES string of the molecule is CS(=O)(=O)NCCNCc1ncc(Br)cc1Br. The number of nitrogens with zero attached hydrogens (tertiary/aromatic N) is 1. The van der Waals surface area contributed by atoms with Gasteiger partial charge in [-0.2, -0.15) is 0 Å². The third kappa shape index (κ3) is 6.46. The van der Waals surface area contributed by atoms with E-state index in [1.54, 1.807) is 6.20 Å². The van der Waals surface area contributed by atoms with Crippen molar-refractivity contribution < 1.29 is 8.42 Å². The van der Waals surface area contributed by atoms with Crippen molar-refractivity contribution in [2.75, 3.05) is 19.3 Å². The Kier molecular flexibility index (Phi) is 6.01. The summed E-state index contributed by atoms with van der Waals surface area (Å²) in [6, 6.07) is 1.92. The van der Waals surface area contributed by atoms with E-state index in [-0.39, 0.29) is 0 Å². The molecule has 1 heterocycles. The molecule has 0 aliphatic carbocycles. The van der Waals surface area contributed by atoms with Gasteiger partial charge in [0.25, 0.3) is 0 Å². The maximum Gasteiger partial charge on any atom is 0.208 e. The van der Waals surface area contributed by atoms with Crippen molar-refractivity contribution in [2.24, 2.45) is 0 Å². The van der Waals surface area contributed by atoms with Crippen LogP contribution >= 0.6 is 31.9 Å². The number of nitrogens with one attached hydrogen (secondary N) is 2. The van der Waals surface area contributed by atoms with Crippen molar-refractivity contribution in [2.45, 2.75) is 6.54 Å². The van der Waals surface area contributed by atoms with Gasteiger partial charge in [-0.05, 0) is 37.9 Å². The summed E-state index contributed by atoms with van der Waals surface area (Å²) >= 11 is 6.73. The van der Waals surface area contributed by atoms with Gasteiger partial charge in [-0.15, -0.1) is 0 Å². The van der Waals surface area contributed by atoms with Gasteiger partial charge < -0.3 is 5.32 Å². The Morgan fingerprint density at radius 2 is 2.06 bits per heavy atom. The van der Waals surface area contributed by atoms with Crippen LogP contribution in [0, 0.1) is 0 Å². The Labute approximate surface area is 118 Å². The number of pyridine rings is 1. The lowest BCUT2D eigenvalue weighted by Gasteiger charge is -2.06. The van der Waals surface area contributed by atoms with Crippen molar-refractivity contribution in [1.29, 1.82) is 0 Å². The fraction of sp³-hybridized carbons (Fsp3) is 0.444. The zero-order valence-electron chi connectivity index (χ0n) is 9.20. The molecule has 5 nitrogen and oxygen atoms in total. The van der Waals surface area contributed by atoms with Gasteiger partial charge in [0, 0.05) is 34.8 Å². The molecular weight excluding hydrogens is 374 g/mol. The number of aromatic nitrogens is 1. The van der Waals surface area contributed by atoms with Gasteiger partial charge in [0.2, 0.25) is 10.0 Å². The Morgan fingerprint density at radius 3 is 2.65 bits per heavy atom. The first kappa shape index (κ1) is 15.0. The molecule has 8 heteroatoms. The summed E-state index contributed by atoms with van der Waals surface area (Å²) in [5.41, 5.74) is 0.882. The lowest BCUT2D eigenvalue weighted by atomic mass is 10.3. The van der Waals surface area contributed by atoms with Crippen LogP contribution in [0.3, 0.4) is 0 Å². The summed E-state index contributed by atoms with van der Waals surface area (Å²) in [7, 11) is -3.10. The predicted octanol–water partition coefficient (Wildman–Crippen LogP) is 1.25. The van der Waals surface area contributed by atoms with Crippen LogP contribution in [0.15, 0.2) is 21.2 Å². The molecule has 96 valence electrons.